The van der Waals surface area contributed by atoms with Crippen molar-refractivity contribution < 1.29 is 14.4 Å². The molecule has 2 heterocycles. The highest BCUT2D eigenvalue weighted by Gasteiger charge is 2.27. The van der Waals surface area contributed by atoms with Crippen LogP contribution in [0.4, 0.5) is 0 Å². The Morgan fingerprint density at radius 2 is 1.96 bits per heavy atom. The summed E-state index contributed by atoms with van der Waals surface area (Å²) in [5, 5.41) is 3.18. The van der Waals surface area contributed by atoms with Crippen molar-refractivity contribution in [3.05, 3.63) is 51.5 Å². The van der Waals surface area contributed by atoms with E-state index in [0.29, 0.717) is 42.5 Å². The first kappa shape index (κ1) is 19.7. The standard InChI is InChI=1S/C19H20N4O4S/c1-2-9-23-18(27)13-5-4-12(11-14(13)21-19(23)28)17(26)20-8-3-10-22-15(24)6-7-16(22)25/h2,4-5,11H,1,3,6-10H2,(H,20,26)(H,21,28). The molecule has 2 aromatic rings. The molecule has 2 N–H and O–H groups in total. The van der Waals surface area contributed by atoms with E-state index in [1.807, 2.05) is 0 Å². The number of hydrogen-bond acceptors (Lipinski definition) is 5. The summed E-state index contributed by atoms with van der Waals surface area (Å²) in [4.78, 5) is 52.1. The average molecular weight is 400 g/mol. The number of nitrogens with one attached hydrogen (secondary N) is 2. The summed E-state index contributed by atoms with van der Waals surface area (Å²) in [5.74, 6) is -0.637. The maximum Gasteiger partial charge on any atom is 0.262 e. The molecule has 0 bridgehead atoms. The number of hydrogen-bond donors (Lipinski definition) is 2. The predicted molar refractivity (Wildman–Crippen MR) is 106 cm³/mol. The molecule has 3 rings (SSSR count). The van der Waals surface area contributed by atoms with Crippen LogP contribution in [-0.2, 0) is 16.1 Å². The Labute approximate surface area is 165 Å². The second-order valence-electron chi connectivity index (χ2n) is 6.44. The van der Waals surface area contributed by atoms with Gasteiger partial charge in [-0.05, 0) is 36.8 Å². The minimum absolute atomic E-state index is 0.164. The van der Waals surface area contributed by atoms with Gasteiger partial charge in [-0.25, -0.2) is 0 Å². The molecular formula is C19H20N4O4S. The predicted octanol–water partition coefficient (Wildman–Crippen LogP) is 1.51. The quantitative estimate of drug-likeness (QED) is 0.317. The number of benzene rings is 1. The summed E-state index contributed by atoms with van der Waals surface area (Å²) >= 11 is 5.20. The van der Waals surface area contributed by atoms with E-state index in [1.54, 1.807) is 24.3 Å². The number of aromatic amines is 1. The fourth-order valence-electron chi connectivity index (χ4n) is 3.10. The summed E-state index contributed by atoms with van der Waals surface area (Å²) < 4.78 is 1.65. The lowest BCUT2D eigenvalue weighted by atomic mass is 10.1. The number of aromatic nitrogens is 2. The van der Waals surface area contributed by atoms with Crippen LogP contribution in [0.15, 0.2) is 35.6 Å². The molecule has 0 unspecified atom stereocenters. The Kier molecular flexibility index (Phi) is 5.84. The average Bonchev–Trinajstić information content (AvgIpc) is 2.99. The largest absolute Gasteiger partial charge is 0.352 e. The van der Waals surface area contributed by atoms with Crippen LogP contribution in [0.5, 0.6) is 0 Å². The summed E-state index contributed by atoms with van der Waals surface area (Å²) in [7, 11) is 0. The molecule has 1 aromatic heterocycles. The zero-order valence-electron chi connectivity index (χ0n) is 15.2. The molecule has 9 heteroatoms. The number of allylic oxidation sites excluding steroid dienone is 1. The zero-order valence-corrected chi connectivity index (χ0v) is 16.0. The highest BCUT2D eigenvalue weighted by molar-refractivity contribution is 7.71. The minimum atomic E-state index is -0.310. The van der Waals surface area contributed by atoms with E-state index in [1.165, 1.54) is 9.47 Å². The molecule has 146 valence electrons. The van der Waals surface area contributed by atoms with Gasteiger partial charge in [-0.15, -0.1) is 6.58 Å². The second kappa shape index (κ2) is 8.30. The lowest BCUT2D eigenvalue weighted by Gasteiger charge is -2.13. The molecule has 0 radical (unpaired) electrons. The molecule has 1 aliphatic heterocycles. The first-order valence-electron chi connectivity index (χ1n) is 8.91. The Morgan fingerprint density at radius 1 is 1.25 bits per heavy atom. The van der Waals surface area contributed by atoms with Crippen LogP contribution in [0.25, 0.3) is 10.9 Å². The van der Waals surface area contributed by atoms with Gasteiger partial charge in [0.05, 0.1) is 10.9 Å². The van der Waals surface area contributed by atoms with Gasteiger partial charge in [0.2, 0.25) is 11.8 Å². The van der Waals surface area contributed by atoms with Crippen LogP contribution in [0.2, 0.25) is 0 Å². The number of fused-ring (bicyclic) bond motifs is 1. The monoisotopic (exact) mass is 400 g/mol. The number of carbonyl (C=O) groups is 3. The van der Waals surface area contributed by atoms with Gasteiger partial charge in [-0.1, -0.05) is 6.08 Å². The maximum absolute atomic E-state index is 12.5. The number of nitrogens with zero attached hydrogens (tertiary/aromatic N) is 2. The summed E-state index contributed by atoms with van der Waals surface area (Å²) in [6.07, 6.45) is 2.59. The van der Waals surface area contributed by atoms with Gasteiger partial charge in [0.1, 0.15) is 0 Å². The van der Waals surface area contributed by atoms with Crippen molar-refractivity contribution in [1.29, 1.82) is 0 Å². The van der Waals surface area contributed by atoms with Crippen molar-refractivity contribution in [1.82, 2.24) is 19.8 Å². The SMILES string of the molecule is C=CCn1c(=S)[nH]c2cc(C(=O)NCCCN3C(=O)CCC3=O)ccc2c1=O. The minimum Gasteiger partial charge on any atom is -0.352 e. The molecule has 28 heavy (non-hydrogen) atoms. The van der Waals surface area contributed by atoms with Crippen LogP contribution in [0.1, 0.15) is 29.6 Å². The van der Waals surface area contributed by atoms with E-state index in [0.717, 1.165) is 0 Å². The van der Waals surface area contributed by atoms with Crippen molar-refractivity contribution in [3.63, 3.8) is 0 Å². The van der Waals surface area contributed by atoms with E-state index >= 15 is 0 Å². The number of imide groups is 1. The molecule has 0 spiro atoms. The molecule has 1 saturated heterocycles. The third-order valence-electron chi connectivity index (χ3n) is 4.55. The van der Waals surface area contributed by atoms with Crippen LogP contribution < -0.4 is 10.9 Å². The molecular weight excluding hydrogens is 380 g/mol. The smallest absolute Gasteiger partial charge is 0.262 e. The Hall–Kier alpha value is -3.07. The van der Waals surface area contributed by atoms with Crippen molar-refractivity contribution in [2.24, 2.45) is 0 Å². The Balaban J connectivity index is 1.67. The molecule has 1 fully saturated rings. The Bertz CT molecular complexity index is 1070. The van der Waals surface area contributed by atoms with Gasteiger partial charge in [0.15, 0.2) is 4.77 Å². The fraction of sp³-hybridized carbons (Fsp3) is 0.316. The van der Waals surface area contributed by atoms with Crippen molar-refractivity contribution >= 4 is 40.8 Å². The number of rotatable bonds is 7. The zero-order chi connectivity index (χ0) is 20.3. The number of H-pyrrole nitrogens is 1. The third-order valence-corrected chi connectivity index (χ3v) is 4.88. The molecule has 0 aliphatic carbocycles. The van der Waals surface area contributed by atoms with E-state index in [4.69, 9.17) is 12.2 Å². The molecule has 3 amide bonds. The van der Waals surface area contributed by atoms with Crippen LogP contribution >= 0.6 is 12.2 Å². The second-order valence-corrected chi connectivity index (χ2v) is 6.83. The van der Waals surface area contributed by atoms with Crippen LogP contribution in [0.3, 0.4) is 0 Å². The van der Waals surface area contributed by atoms with Gasteiger partial charge >= 0.3 is 0 Å². The Morgan fingerprint density at radius 3 is 2.64 bits per heavy atom. The molecule has 0 saturated carbocycles. The topological polar surface area (TPSA) is 104 Å². The van der Waals surface area contributed by atoms with E-state index in [-0.39, 0.29) is 40.9 Å². The summed E-state index contributed by atoms with van der Waals surface area (Å²) in [6.45, 7) is 4.53. The molecule has 8 nitrogen and oxygen atoms in total. The van der Waals surface area contributed by atoms with Crippen molar-refractivity contribution in [3.8, 4) is 0 Å². The van der Waals surface area contributed by atoms with Crippen LogP contribution in [0, 0.1) is 4.77 Å². The first-order valence-corrected chi connectivity index (χ1v) is 9.32. The van der Waals surface area contributed by atoms with Gasteiger partial charge in [0.25, 0.3) is 11.5 Å². The van der Waals surface area contributed by atoms with E-state index in [9.17, 15) is 19.2 Å². The van der Waals surface area contributed by atoms with Crippen molar-refractivity contribution in [2.75, 3.05) is 13.1 Å². The first-order chi connectivity index (χ1) is 13.4. The van der Waals surface area contributed by atoms with Gasteiger partial charge < -0.3 is 10.3 Å². The van der Waals surface area contributed by atoms with E-state index < -0.39 is 0 Å². The van der Waals surface area contributed by atoms with Gasteiger partial charge in [0, 0.05) is 38.0 Å². The fourth-order valence-corrected chi connectivity index (χ4v) is 3.37. The van der Waals surface area contributed by atoms with Gasteiger partial charge in [-0.2, -0.15) is 0 Å². The highest BCUT2D eigenvalue weighted by atomic mass is 32.1. The number of amides is 3. The molecule has 1 aliphatic rings. The molecule has 0 atom stereocenters. The van der Waals surface area contributed by atoms with Crippen LogP contribution in [-0.4, -0.2) is 45.3 Å². The van der Waals surface area contributed by atoms with E-state index in [2.05, 4.69) is 16.9 Å². The number of carbonyl (C=O) groups excluding carboxylic acids is 3. The lowest BCUT2D eigenvalue weighted by Crippen LogP contribution is -2.33. The summed E-state index contributed by atoms with van der Waals surface area (Å²) in [6, 6.07) is 4.73. The van der Waals surface area contributed by atoms with Crippen molar-refractivity contribution in [2.45, 2.75) is 25.8 Å². The van der Waals surface area contributed by atoms with Gasteiger partial charge in [-0.3, -0.25) is 28.6 Å². The summed E-state index contributed by atoms with van der Waals surface area (Å²) in [5.41, 5.74) is 0.620. The molecule has 1 aromatic carbocycles. The highest BCUT2D eigenvalue weighted by Crippen LogP contribution is 2.12. The third kappa shape index (κ3) is 3.94. The normalized spacial score (nSPS) is 13.9. The lowest BCUT2D eigenvalue weighted by molar-refractivity contribution is -0.138. The maximum atomic E-state index is 12.5. The number of likely N-dealkylation sites (tertiary alicyclic amines) is 1.